The summed E-state index contributed by atoms with van der Waals surface area (Å²) in [5.74, 6) is 0.539. The van der Waals surface area contributed by atoms with Crippen LogP contribution >= 0.6 is 11.6 Å². The Morgan fingerprint density at radius 2 is 1.72 bits per heavy atom. The van der Waals surface area contributed by atoms with E-state index in [0.717, 1.165) is 0 Å². The molecule has 0 bridgehead atoms. The second-order valence-corrected chi connectivity index (χ2v) is 6.90. The molecule has 2 aromatic carbocycles. The fraction of sp³-hybridized carbons (Fsp3) is 0.188. The van der Waals surface area contributed by atoms with E-state index in [0.29, 0.717) is 24.5 Å². The first kappa shape index (κ1) is 18.9. The van der Waals surface area contributed by atoms with Crippen LogP contribution < -0.4 is 14.8 Å². The minimum atomic E-state index is -4.01. The van der Waals surface area contributed by atoms with Crippen molar-refractivity contribution in [2.45, 2.75) is 11.3 Å². The van der Waals surface area contributed by atoms with Gasteiger partial charge in [-0.05, 0) is 55.0 Å². The van der Waals surface area contributed by atoms with E-state index in [2.05, 4.69) is 10.6 Å². The predicted molar refractivity (Wildman–Crippen MR) is 94.7 cm³/mol. The van der Waals surface area contributed by atoms with Crippen LogP contribution in [0, 0.1) is 0 Å². The summed E-state index contributed by atoms with van der Waals surface area (Å²) in [6.45, 7) is 0.447. The van der Waals surface area contributed by atoms with Gasteiger partial charge in [0.25, 0.3) is 0 Å². The fourth-order valence-corrected chi connectivity index (χ4v) is 2.89. The normalized spacial score (nSPS) is 10.9. The first-order chi connectivity index (χ1) is 11.9. The molecule has 0 spiro atoms. The smallest absolute Gasteiger partial charge is 0.339 e. The minimum absolute atomic E-state index is 0.00417. The van der Waals surface area contributed by atoms with Crippen LogP contribution in [-0.2, 0) is 10.1 Å². The van der Waals surface area contributed by atoms with E-state index in [1.807, 2.05) is 0 Å². The number of carbonyl (C=O) groups excluding carboxylic acids is 1. The monoisotopic (exact) mass is 384 g/mol. The van der Waals surface area contributed by atoms with Crippen LogP contribution in [0.3, 0.4) is 0 Å². The molecule has 0 saturated heterocycles. The molecule has 3 N–H and O–H groups in total. The van der Waals surface area contributed by atoms with Crippen molar-refractivity contribution >= 4 is 33.4 Å². The number of phenolic OH excluding ortho intramolecular Hbond substituents is 1. The minimum Gasteiger partial charge on any atom is -0.508 e. The number of hydrogen-bond acceptors (Lipinski definition) is 5. The first-order valence-electron chi connectivity index (χ1n) is 7.35. The maximum atomic E-state index is 12.2. The average molecular weight is 385 g/mol. The third kappa shape index (κ3) is 5.84. The largest absolute Gasteiger partial charge is 0.508 e. The molecular formula is C16H17ClN2O5S. The lowest BCUT2D eigenvalue weighted by Crippen LogP contribution is -2.29. The van der Waals surface area contributed by atoms with Gasteiger partial charge in [-0.25, -0.2) is 4.79 Å². The van der Waals surface area contributed by atoms with Crippen LogP contribution in [0.4, 0.5) is 10.5 Å². The molecule has 2 amide bonds. The van der Waals surface area contributed by atoms with Crippen molar-refractivity contribution in [1.29, 1.82) is 0 Å². The number of phenols is 1. The van der Waals surface area contributed by atoms with Crippen LogP contribution in [0.15, 0.2) is 53.4 Å². The molecule has 2 aromatic rings. The lowest BCUT2D eigenvalue weighted by molar-refractivity contribution is 0.252. The number of halogens is 1. The molecule has 0 aliphatic heterocycles. The van der Waals surface area contributed by atoms with Gasteiger partial charge >= 0.3 is 16.1 Å². The number of alkyl halides is 1. The zero-order chi connectivity index (χ0) is 18.3. The molecule has 134 valence electrons. The summed E-state index contributed by atoms with van der Waals surface area (Å²) in [5.41, 5.74) is 0.437. The van der Waals surface area contributed by atoms with Gasteiger partial charge in [-0.2, -0.15) is 8.42 Å². The highest BCUT2D eigenvalue weighted by Crippen LogP contribution is 2.22. The summed E-state index contributed by atoms with van der Waals surface area (Å²) in [7, 11) is -4.01. The van der Waals surface area contributed by atoms with E-state index in [1.165, 1.54) is 48.5 Å². The Morgan fingerprint density at radius 1 is 1.08 bits per heavy atom. The lowest BCUT2D eigenvalue weighted by atomic mass is 10.3. The van der Waals surface area contributed by atoms with Gasteiger partial charge in [0, 0.05) is 18.1 Å². The Hall–Kier alpha value is -2.45. The topological polar surface area (TPSA) is 105 Å². The van der Waals surface area contributed by atoms with Crippen LogP contribution in [0.5, 0.6) is 11.5 Å². The number of amides is 2. The molecule has 7 nitrogen and oxygen atoms in total. The Labute approximate surface area is 150 Å². The van der Waals surface area contributed by atoms with Crippen molar-refractivity contribution in [1.82, 2.24) is 5.32 Å². The fourth-order valence-electron chi connectivity index (χ4n) is 1.83. The number of rotatable bonds is 7. The van der Waals surface area contributed by atoms with E-state index in [9.17, 15) is 18.3 Å². The molecule has 0 saturated carbocycles. The van der Waals surface area contributed by atoms with Gasteiger partial charge in [-0.3, -0.25) is 0 Å². The number of hydrogen-bond donors (Lipinski definition) is 3. The van der Waals surface area contributed by atoms with Gasteiger partial charge in [0.1, 0.15) is 16.4 Å². The van der Waals surface area contributed by atoms with Crippen molar-refractivity contribution in [3.8, 4) is 11.5 Å². The Kier molecular flexibility index (Phi) is 6.49. The molecule has 0 fully saturated rings. The number of benzene rings is 2. The van der Waals surface area contributed by atoms with Gasteiger partial charge < -0.3 is 19.9 Å². The zero-order valence-corrected chi connectivity index (χ0v) is 14.7. The van der Waals surface area contributed by atoms with Gasteiger partial charge in [-0.1, -0.05) is 0 Å². The number of carbonyl (C=O) groups is 1. The van der Waals surface area contributed by atoms with Crippen molar-refractivity contribution < 1.29 is 22.5 Å². The molecule has 25 heavy (non-hydrogen) atoms. The predicted octanol–water partition coefficient (Wildman–Crippen LogP) is 2.91. The molecule has 0 aromatic heterocycles. The van der Waals surface area contributed by atoms with Crippen molar-refractivity contribution in [2.24, 2.45) is 0 Å². The second-order valence-electron chi connectivity index (χ2n) is 4.98. The second kappa shape index (κ2) is 8.59. The van der Waals surface area contributed by atoms with E-state index in [1.54, 1.807) is 0 Å². The number of urea groups is 1. The first-order valence-corrected chi connectivity index (χ1v) is 9.29. The summed E-state index contributed by atoms with van der Waals surface area (Å²) < 4.78 is 29.4. The maximum absolute atomic E-state index is 12.2. The van der Waals surface area contributed by atoms with Gasteiger partial charge in [-0.15, -0.1) is 11.6 Å². The Morgan fingerprint density at radius 3 is 2.32 bits per heavy atom. The molecule has 0 aliphatic carbocycles. The van der Waals surface area contributed by atoms with Crippen molar-refractivity contribution in [3.63, 3.8) is 0 Å². The summed E-state index contributed by atoms with van der Waals surface area (Å²) >= 11 is 5.52. The van der Waals surface area contributed by atoms with Crippen molar-refractivity contribution in [2.75, 3.05) is 17.7 Å². The van der Waals surface area contributed by atoms with E-state index in [-0.39, 0.29) is 16.4 Å². The highest BCUT2D eigenvalue weighted by atomic mass is 35.5. The summed E-state index contributed by atoms with van der Waals surface area (Å²) in [5, 5.41) is 14.4. The number of nitrogens with one attached hydrogen (secondary N) is 2. The highest BCUT2D eigenvalue weighted by Gasteiger charge is 2.16. The average Bonchev–Trinajstić information content (AvgIpc) is 2.57. The van der Waals surface area contributed by atoms with Gasteiger partial charge in [0.15, 0.2) is 0 Å². The summed E-state index contributed by atoms with van der Waals surface area (Å²) in [6, 6.07) is 10.5. The molecular weight excluding hydrogens is 368 g/mol. The quantitative estimate of drug-likeness (QED) is 0.386. The number of anilines is 1. The van der Waals surface area contributed by atoms with E-state index < -0.39 is 16.1 Å². The third-order valence-corrected chi connectivity index (χ3v) is 4.57. The Balaban J connectivity index is 2.00. The van der Waals surface area contributed by atoms with Crippen LogP contribution in [0.25, 0.3) is 0 Å². The van der Waals surface area contributed by atoms with Crippen LogP contribution in [-0.4, -0.2) is 32.0 Å². The molecule has 0 unspecified atom stereocenters. The summed E-state index contributed by atoms with van der Waals surface area (Å²) in [6.07, 6.45) is 0.654. The molecule has 0 heterocycles. The molecule has 0 aliphatic rings. The van der Waals surface area contributed by atoms with Crippen LogP contribution in [0.2, 0.25) is 0 Å². The van der Waals surface area contributed by atoms with E-state index in [4.69, 9.17) is 15.8 Å². The molecule has 0 atom stereocenters. The molecule has 2 rings (SSSR count). The van der Waals surface area contributed by atoms with E-state index >= 15 is 0 Å². The SMILES string of the molecule is O=C(NCCCCl)Nc1ccc(S(=O)(=O)Oc2ccc(O)cc2)cc1. The molecule has 9 heteroatoms. The summed E-state index contributed by atoms with van der Waals surface area (Å²) in [4.78, 5) is 11.5. The third-order valence-electron chi connectivity index (χ3n) is 3.04. The van der Waals surface area contributed by atoms with Gasteiger partial charge in [0.2, 0.25) is 0 Å². The van der Waals surface area contributed by atoms with Crippen LogP contribution in [0.1, 0.15) is 6.42 Å². The highest BCUT2D eigenvalue weighted by molar-refractivity contribution is 7.87. The standard InChI is InChI=1S/C16H17ClN2O5S/c17-10-1-11-18-16(21)19-12-2-8-15(9-3-12)25(22,23)24-14-6-4-13(20)5-7-14/h2-9,20H,1,10-11H2,(H2,18,19,21). The Bertz CT molecular complexity index is 807. The van der Waals surface area contributed by atoms with Gasteiger partial charge in [0.05, 0.1) is 0 Å². The number of aromatic hydroxyl groups is 1. The maximum Gasteiger partial charge on any atom is 0.339 e. The zero-order valence-electron chi connectivity index (χ0n) is 13.1. The van der Waals surface area contributed by atoms with Crippen molar-refractivity contribution in [3.05, 3.63) is 48.5 Å². The lowest BCUT2D eigenvalue weighted by Gasteiger charge is -2.09. The molecule has 0 radical (unpaired) electrons.